The van der Waals surface area contributed by atoms with Crippen molar-refractivity contribution < 1.29 is 43.3 Å². The average Bonchev–Trinajstić information content (AvgIpc) is 0. The zero-order valence-electron chi connectivity index (χ0n) is 2.22. The van der Waals surface area contributed by atoms with E-state index in [1.807, 2.05) is 0 Å². The van der Waals surface area contributed by atoms with Gasteiger partial charge in [0.25, 0.3) is 0 Å². The normalized spacial score (nSPS) is 0. The fourth-order valence-corrected chi connectivity index (χ4v) is 0. The van der Waals surface area contributed by atoms with Gasteiger partial charge in [-0.05, 0) is 0 Å². The van der Waals surface area contributed by atoms with Crippen molar-refractivity contribution in [3.63, 3.8) is 0 Å². The van der Waals surface area contributed by atoms with Crippen LogP contribution in [0.5, 0.6) is 0 Å². The number of hydrogen-bond acceptors (Lipinski definition) is 0. The number of hydrogen-bond donors (Lipinski definition) is 0. The second-order valence-corrected chi connectivity index (χ2v) is 0. The van der Waals surface area contributed by atoms with Gasteiger partial charge in [-0.3, -0.25) is 0 Å². The van der Waals surface area contributed by atoms with Gasteiger partial charge in [0, 0.05) is 43.3 Å². The van der Waals surface area contributed by atoms with E-state index in [9.17, 15) is 0 Å². The zero-order valence-corrected chi connectivity index (χ0v) is 8.44. The predicted molar refractivity (Wildman–Crippen MR) is 22.2 cm³/mol. The molecule has 0 aliphatic carbocycles. The molecular formula is H6CuP2Zr. The Morgan fingerprint density at radius 2 is 0.750 bits per heavy atom. The van der Waals surface area contributed by atoms with Crippen molar-refractivity contribution in [2.75, 3.05) is 0 Å². The molecule has 0 nitrogen and oxygen atoms in total. The molecule has 2 unspecified atom stereocenters. The van der Waals surface area contributed by atoms with Gasteiger partial charge < -0.3 is 0 Å². The van der Waals surface area contributed by atoms with Crippen LogP contribution in [0.4, 0.5) is 0 Å². The Bertz CT molecular complexity index is 6.00. The van der Waals surface area contributed by atoms with Crippen LogP contribution in [0.3, 0.4) is 0 Å². The van der Waals surface area contributed by atoms with Crippen LogP contribution in [0, 0.1) is 0 Å². The van der Waals surface area contributed by atoms with Crippen LogP contribution in [0.25, 0.3) is 0 Å². The van der Waals surface area contributed by atoms with Gasteiger partial charge >= 0.3 is 0 Å². The molecule has 0 heterocycles. The molecule has 4 heteroatoms. The average molecular weight is 223 g/mol. The van der Waals surface area contributed by atoms with Crippen molar-refractivity contribution in [1.29, 1.82) is 0 Å². The van der Waals surface area contributed by atoms with Gasteiger partial charge in [0.05, 0.1) is 0 Å². The molecular weight excluding hydrogens is 217 g/mol. The molecule has 0 saturated heterocycles. The summed E-state index contributed by atoms with van der Waals surface area (Å²) in [4.78, 5) is 0. The molecule has 0 saturated carbocycles. The first-order valence-electron chi connectivity index (χ1n) is 0. The van der Waals surface area contributed by atoms with Crippen LogP contribution in [0.2, 0.25) is 0 Å². The van der Waals surface area contributed by atoms with E-state index >= 15 is 0 Å². The first-order chi connectivity index (χ1) is 0. The summed E-state index contributed by atoms with van der Waals surface area (Å²) in [6, 6.07) is 0. The van der Waals surface area contributed by atoms with Gasteiger partial charge in [-0.1, -0.05) is 0 Å². The minimum absolute atomic E-state index is 0. The van der Waals surface area contributed by atoms with Gasteiger partial charge in [0.15, 0.2) is 0 Å². The van der Waals surface area contributed by atoms with E-state index in [4.69, 9.17) is 0 Å². The third-order valence-corrected chi connectivity index (χ3v) is 0. The summed E-state index contributed by atoms with van der Waals surface area (Å²) >= 11 is 0. The van der Waals surface area contributed by atoms with Gasteiger partial charge in [-0.15, -0.1) is 0 Å². The van der Waals surface area contributed by atoms with Crippen molar-refractivity contribution in [2.24, 2.45) is 0 Å². The largest absolute Gasteiger partial charge is 0.153 e. The Labute approximate surface area is 62.7 Å². The summed E-state index contributed by atoms with van der Waals surface area (Å²) in [5, 5.41) is 0. The van der Waals surface area contributed by atoms with E-state index in [1.165, 1.54) is 0 Å². The van der Waals surface area contributed by atoms with Gasteiger partial charge in [-0.2, -0.15) is 19.8 Å². The van der Waals surface area contributed by atoms with Crippen LogP contribution in [0.15, 0.2) is 0 Å². The molecule has 0 aliphatic heterocycles. The smallest absolute Gasteiger partial charge is 0 e. The maximum absolute atomic E-state index is 0. The van der Waals surface area contributed by atoms with E-state index < -0.39 is 0 Å². The maximum Gasteiger partial charge on any atom is 0 e. The molecule has 0 aromatic heterocycles. The second-order valence-electron chi connectivity index (χ2n) is 0. The van der Waals surface area contributed by atoms with Gasteiger partial charge in [-0.25, -0.2) is 0 Å². The quantitative estimate of drug-likeness (QED) is 0.403. The van der Waals surface area contributed by atoms with E-state index in [0.717, 1.165) is 0 Å². The van der Waals surface area contributed by atoms with Crippen molar-refractivity contribution in [3.05, 3.63) is 0 Å². The first-order valence-corrected chi connectivity index (χ1v) is 0. The minimum Gasteiger partial charge on any atom is -0.153 e. The van der Waals surface area contributed by atoms with Crippen LogP contribution in [-0.4, -0.2) is 0 Å². The fourth-order valence-electron chi connectivity index (χ4n) is 0. The molecule has 0 spiro atoms. The summed E-state index contributed by atoms with van der Waals surface area (Å²) in [7, 11) is 0. The van der Waals surface area contributed by atoms with Crippen molar-refractivity contribution in [3.8, 4) is 0 Å². The Morgan fingerprint density at radius 1 is 0.750 bits per heavy atom. The fraction of sp³-hybridized carbons (Fsp3) is 0. The van der Waals surface area contributed by atoms with Crippen LogP contribution < -0.4 is 0 Å². The van der Waals surface area contributed by atoms with Gasteiger partial charge in [0.2, 0.25) is 0 Å². The second kappa shape index (κ2) is 18.7. The third kappa shape index (κ3) is 8.86. The van der Waals surface area contributed by atoms with E-state index in [2.05, 4.69) is 0 Å². The summed E-state index contributed by atoms with van der Waals surface area (Å²) in [5.41, 5.74) is 0. The van der Waals surface area contributed by atoms with E-state index in [1.54, 1.807) is 0 Å². The standard InChI is InChI=1S/Cu.2H3P.Zr/h;2*1H3;. The summed E-state index contributed by atoms with van der Waals surface area (Å²) in [5.74, 6) is 0. The third-order valence-electron chi connectivity index (χ3n) is 0. The number of rotatable bonds is 0. The predicted octanol–water partition coefficient (Wildman–Crippen LogP) is 0.111. The molecule has 1 radical (unpaired) electrons. The molecule has 31 valence electrons. The van der Waals surface area contributed by atoms with Crippen LogP contribution >= 0.6 is 19.8 Å². The molecule has 0 aliphatic rings. The van der Waals surface area contributed by atoms with Crippen molar-refractivity contribution in [1.82, 2.24) is 0 Å². The van der Waals surface area contributed by atoms with Crippen molar-refractivity contribution in [2.45, 2.75) is 0 Å². The maximum atomic E-state index is 0. The Balaban J connectivity index is 0. The first kappa shape index (κ1) is 33.9. The molecule has 0 N–H and O–H groups in total. The van der Waals surface area contributed by atoms with Crippen molar-refractivity contribution >= 4 is 19.8 Å². The Kier molecular flexibility index (Phi) is 158. The molecule has 2 atom stereocenters. The molecule has 0 aromatic rings. The summed E-state index contributed by atoms with van der Waals surface area (Å²) in [6.07, 6.45) is 0. The van der Waals surface area contributed by atoms with Crippen LogP contribution in [-0.2, 0) is 43.3 Å². The molecule has 4 heavy (non-hydrogen) atoms. The van der Waals surface area contributed by atoms with E-state index in [-0.39, 0.29) is 63.1 Å². The summed E-state index contributed by atoms with van der Waals surface area (Å²) < 4.78 is 0. The molecule has 0 amide bonds. The molecule has 0 aromatic carbocycles. The van der Waals surface area contributed by atoms with Gasteiger partial charge in [0.1, 0.15) is 0 Å². The monoisotopic (exact) mass is 221 g/mol. The molecule has 0 fully saturated rings. The topological polar surface area (TPSA) is 0 Å². The SMILES string of the molecule is P.P.[Cu].[Zr]. The van der Waals surface area contributed by atoms with E-state index in [0.29, 0.717) is 0 Å². The Morgan fingerprint density at radius 3 is 0.750 bits per heavy atom. The Hall–Kier alpha value is 2.26. The minimum atomic E-state index is 0. The molecule has 0 bridgehead atoms. The zero-order chi connectivity index (χ0) is 0. The van der Waals surface area contributed by atoms with Crippen LogP contribution in [0.1, 0.15) is 0 Å². The molecule has 0 rings (SSSR count). The summed E-state index contributed by atoms with van der Waals surface area (Å²) in [6.45, 7) is 0.